The van der Waals surface area contributed by atoms with Crippen LogP contribution in [0.4, 0.5) is 0 Å². The number of amides is 1. The van der Waals surface area contributed by atoms with Crippen molar-refractivity contribution in [2.24, 2.45) is 0 Å². The van der Waals surface area contributed by atoms with Crippen molar-refractivity contribution in [3.05, 3.63) is 83.6 Å². The standard InChI is InChI=1S/C24H25N3O3/c1-16-8-6-11-21(17(16)2)30-15-13-27-20-10-5-4-9-19(20)26-23(27)18(3)25-24(28)22-12-7-14-29-22/h4-12,14,18H,13,15H2,1-3H3,(H,25,28). The Morgan fingerprint density at radius 1 is 1.13 bits per heavy atom. The molecule has 0 spiro atoms. The fraction of sp³-hybridized carbons (Fsp3) is 0.250. The number of nitrogens with one attached hydrogen (secondary N) is 1. The van der Waals surface area contributed by atoms with E-state index in [1.54, 1.807) is 12.1 Å². The Kier molecular flexibility index (Phi) is 5.57. The highest BCUT2D eigenvalue weighted by molar-refractivity contribution is 5.91. The number of carbonyl (C=O) groups excluding carboxylic acids is 1. The second kappa shape index (κ2) is 8.45. The van der Waals surface area contributed by atoms with E-state index in [4.69, 9.17) is 14.1 Å². The highest BCUT2D eigenvalue weighted by atomic mass is 16.5. The van der Waals surface area contributed by atoms with Gasteiger partial charge in [-0.05, 0) is 62.2 Å². The third-order valence-corrected chi connectivity index (χ3v) is 5.29. The van der Waals surface area contributed by atoms with Crippen LogP contribution in [0.1, 0.15) is 40.5 Å². The second-order valence-electron chi connectivity index (χ2n) is 7.33. The number of para-hydroxylation sites is 2. The molecule has 2 heterocycles. The van der Waals surface area contributed by atoms with Crippen LogP contribution in [0.15, 0.2) is 65.3 Å². The summed E-state index contributed by atoms with van der Waals surface area (Å²) in [5, 5.41) is 2.97. The number of imidazole rings is 1. The molecule has 0 bridgehead atoms. The number of furan rings is 1. The lowest BCUT2D eigenvalue weighted by molar-refractivity contribution is 0.0909. The molecule has 0 aliphatic carbocycles. The lowest BCUT2D eigenvalue weighted by Gasteiger charge is -2.17. The van der Waals surface area contributed by atoms with Crippen LogP contribution in [0.5, 0.6) is 5.75 Å². The number of fused-ring (bicyclic) bond motifs is 1. The van der Waals surface area contributed by atoms with Crippen molar-refractivity contribution in [2.75, 3.05) is 6.61 Å². The van der Waals surface area contributed by atoms with E-state index in [1.165, 1.54) is 11.8 Å². The van der Waals surface area contributed by atoms with Crippen molar-refractivity contribution < 1.29 is 13.9 Å². The smallest absolute Gasteiger partial charge is 0.287 e. The molecular formula is C24H25N3O3. The van der Waals surface area contributed by atoms with Crippen LogP contribution in [0.2, 0.25) is 0 Å². The summed E-state index contributed by atoms with van der Waals surface area (Å²) in [7, 11) is 0. The molecule has 2 aromatic carbocycles. The summed E-state index contributed by atoms with van der Waals surface area (Å²) in [6, 6.07) is 17.1. The average Bonchev–Trinajstić information content (AvgIpc) is 3.40. The summed E-state index contributed by atoms with van der Waals surface area (Å²) in [5.74, 6) is 1.68. The van der Waals surface area contributed by atoms with Crippen molar-refractivity contribution in [1.29, 1.82) is 0 Å². The van der Waals surface area contributed by atoms with Crippen molar-refractivity contribution >= 4 is 16.9 Å². The summed E-state index contributed by atoms with van der Waals surface area (Å²) >= 11 is 0. The van der Waals surface area contributed by atoms with Crippen LogP contribution in [0.25, 0.3) is 11.0 Å². The fourth-order valence-corrected chi connectivity index (χ4v) is 3.53. The maximum Gasteiger partial charge on any atom is 0.287 e. The SMILES string of the molecule is Cc1cccc(OCCn2c(C(C)NC(=O)c3ccco3)nc3ccccc32)c1C. The maximum absolute atomic E-state index is 12.4. The Balaban J connectivity index is 1.55. The van der Waals surface area contributed by atoms with Gasteiger partial charge in [-0.1, -0.05) is 24.3 Å². The van der Waals surface area contributed by atoms with E-state index >= 15 is 0 Å². The van der Waals surface area contributed by atoms with Crippen LogP contribution < -0.4 is 10.1 Å². The molecule has 1 amide bonds. The molecule has 0 radical (unpaired) electrons. The first-order chi connectivity index (χ1) is 14.5. The zero-order chi connectivity index (χ0) is 21.1. The minimum absolute atomic E-state index is 0.266. The van der Waals surface area contributed by atoms with E-state index in [2.05, 4.69) is 29.8 Å². The van der Waals surface area contributed by atoms with Gasteiger partial charge in [0, 0.05) is 0 Å². The summed E-state index contributed by atoms with van der Waals surface area (Å²) in [6.45, 7) is 7.17. The normalized spacial score (nSPS) is 12.1. The minimum atomic E-state index is -0.296. The molecule has 4 rings (SSSR count). The van der Waals surface area contributed by atoms with Gasteiger partial charge in [0.2, 0.25) is 0 Å². The highest BCUT2D eigenvalue weighted by Gasteiger charge is 2.20. The van der Waals surface area contributed by atoms with Gasteiger partial charge in [0.25, 0.3) is 5.91 Å². The van der Waals surface area contributed by atoms with Crippen LogP contribution >= 0.6 is 0 Å². The lowest BCUT2D eigenvalue weighted by Crippen LogP contribution is -2.29. The molecule has 0 aliphatic rings. The topological polar surface area (TPSA) is 69.3 Å². The molecule has 1 unspecified atom stereocenters. The number of ether oxygens (including phenoxy) is 1. The van der Waals surface area contributed by atoms with Gasteiger partial charge in [-0.2, -0.15) is 0 Å². The molecule has 2 aromatic heterocycles. The molecular weight excluding hydrogens is 378 g/mol. The molecule has 0 saturated carbocycles. The summed E-state index contributed by atoms with van der Waals surface area (Å²) in [6.07, 6.45) is 1.49. The number of aromatic nitrogens is 2. The Morgan fingerprint density at radius 2 is 1.97 bits per heavy atom. The van der Waals surface area contributed by atoms with E-state index in [-0.39, 0.29) is 17.7 Å². The first-order valence-corrected chi connectivity index (χ1v) is 10.0. The van der Waals surface area contributed by atoms with E-state index in [1.807, 2.05) is 43.3 Å². The first-order valence-electron chi connectivity index (χ1n) is 10.0. The maximum atomic E-state index is 12.4. The van der Waals surface area contributed by atoms with Crippen LogP contribution in [0.3, 0.4) is 0 Å². The summed E-state index contributed by atoms with van der Waals surface area (Å²) in [5.41, 5.74) is 4.25. The third-order valence-electron chi connectivity index (χ3n) is 5.29. The molecule has 6 heteroatoms. The largest absolute Gasteiger partial charge is 0.491 e. The Hall–Kier alpha value is -3.54. The van der Waals surface area contributed by atoms with E-state index in [0.29, 0.717) is 13.2 Å². The minimum Gasteiger partial charge on any atom is -0.491 e. The molecule has 4 aromatic rings. The van der Waals surface area contributed by atoms with E-state index < -0.39 is 0 Å². The molecule has 6 nitrogen and oxygen atoms in total. The first kappa shape index (κ1) is 19.8. The molecule has 0 saturated heterocycles. The van der Waals surface area contributed by atoms with E-state index in [9.17, 15) is 4.79 Å². The van der Waals surface area contributed by atoms with Gasteiger partial charge in [0.15, 0.2) is 5.76 Å². The number of benzene rings is 2. The van der Waals surface area contributed by atoms with Gasteiger partial charge in [-0.15, -0.1) is 0 Å². The third kappa shape index (κ3) is 3.94. The molecule has 1 atom stereocenters. The number of nitrogens with zero attached hydrogens (tertiary/aromatic N) is 2. The van der Waals surface area contributed by atoms with Crippen molar-refractivity contribution in [1.82, 2.24) is 14.9 Å². The van der Waals surface area contributed by atoms with Crippen LogP contribution in [-0.2, 0) is 6.54 Å². The quantitative estimate of drug-likeness (QED) is 0.480. The molecule has 154 valence electrons. The predicted molar refractivity (Wildman–Crippen MR) is 116 cm³/mol. The average molecular weight is 403 g/mol. The van der Waals surface area contributed by atoms with Crippen molar-refractivity contribution in [3.63, 3.8) is 0 Å². The number of rotatable bonds is 7. The molecule has 0 fully saturated rings. The van der Waals surface area contributed by atoms with Gasteiger partial charge < -0.3 is 19.0 Å². The Labute approximate surface area is 175 Å². The summed E-state index contributed by atoms with van der Waals surface area (Å²) in [4.78, 5) is 17.2. The number of hydrogen-bond acceptors (Lipinski definition) is 4. The monoisotopic (exact) mass is 403 g/mol. The van der Waals surface area contributed by atoms with Crippen LogP contribution in [-0.4, -0.2) is 22.1 Å². The number of hydrogen-bond donors (Lipinski definition) is 1. The molecule has 1 N–H and O–H groups in total. The van der Waals surface area contributed by atoms with Crippen LogP contribution in [0, 0.1) is 13.8 Å². The fourth-order valence-electron chi connectivity index (χ4n) is 3.53. The van der Waals surface area contributed by atoms with E-state index in [0.717, 1.165) is 28.2 Å². The predicted octanol–water partition coefficient (Wildman–Crippen LogP) is 4.82. The van der Waals surface area contributed by atoms with Crippen molar-refractivity contribution in [3.8, 4) is 5.75 Å². The Bertz CT molecular complexity index is 1160. The summed E-state index contributed by atoms with van der Waals surface area (Å²) < 4.78 is 13.4. The van der Waals surface area contributed by atoms with Gasteiger partial charge >= 0.3 is 0 Å². The van der Waals surface area contributed by atoms with Gasteiger partial charge in [0.05, 0.1) is 29.9 Å². The van der Waals surface area contributed by atoms with Crippen molar-refractivity contribution in [2.45, 2.75) is 33.4 Å². The zero-order valence-electron chi connectivity index (χ0n) is 17.4. The molecule has 0 aliphatic heterocycles. The molecule has 30 heavy (non-hydrogen) atoms. The lowest BCUT2D eigenvalue weighted by atomic mass is 10.1. The number of carbonyl (C=O) groups is 1. The van der Waals surface area contributed by atoms with Gasteiger partial charge in [0.1, 0.15) is 18.2 Å². The highest BCUT2D eigenvalue weighted by Crippen LogP contribution is 2.23. The number of aryl methyl sites for hydroxylation is 1. The van der Waals surface area contributed by atoms with Gasteiger partial charge in [-0.25, -0.2) is 4.98 Å². The zero-order valence-corrected chi connectivity index (χ0v) is 17.4. The second-order valence-corrected chi connectivity index (χ2v) is 7.33. The van der Waals surface area contributed by atoms with Gasteiger partial charge in [-0.3, -0.25) is 4.79 Å². The Morgan fingerprint density at radius 3 is 2.77 bits per heavy atom.